The first-order valence-corrected chi connectivity index (χ1v) is 9.97. The van der Waals surface area contributed by atoms with Crippen molar-refractivity contribution in [3.63, 3.8) is 0 Å². The van der Waals surface area contributed by atoms with Crippen LogP contribution in [0.25, 0.3) is 0 Å². The van der Waals surface area contributed by atoms with E-state index in [1.807, 2.05) is 26.8 Å². The Morgan fingerprint density at radius 1 is 1.25 bits per heavy atom. The third-order valence-corrected chi connectivity index (χ3v) is 6.74. The Morgan fingerprint density at radius 2 is 1.93 bits per heavy atom. The van der Waals surface area contributed by atoms with Crippen LogP contribution < -0.4 is 10.6 Å². The van der Waals surface area contributed by atoms with Crippen molar-refractivity contribution in [1.82, 2.24) is 10.2 Å². The molecular weight excluding hydrogens is 382 g/mol. The number of halogens is 1. The van der Waals surface area contributed by atoms with E-state index in [2.05, 4.69) is 10.6 Å². The van der Waals surface area contributed by atoms with Crippen LogP contribution >= 0.6 is 11.6 Å². The molecule has 3 heterocycles. The van der Waals surface area contributed by atoms with Crippen molar-refractivity contribution in [2.45, 2.75) is 57.8 Å². The van der Waals surface area contributed by atoms with E-state index in [1.165, 1.54) is 4.90 Å². The maximum absolute atomic E-state index is 13.4. The summed E-state index contributed by atoms with van der Waals surface area (Å²) in [6.07, 6.45) is -0.303. The molecule has 0 radical (unpaired) electrons. The molecule has 3 aliphatic heterocycles. The number of amides is 3. The van der Waals surface area contributed by atoms with E-state index >= 15 is 0 Å². The Labute approximate surface area is 168 Å². The largest absolute Gasteiger partial charge is 0.392 e. The van der Waals surface area contributed by atoms with Crippen LogP contribution in [0.2, 0.25) is 5.02 Å². The summed E-state index contributed by atoms with van der Waals surface area (Å²) in [5.74, 6) is -2.86. The van der Waals surface area contributed by atoms with Gasteiger partial charge in [-0.2, -0.15) is 0 Å². The fourth-order valence-electron chi connectivity index (χ4n) is 4.98. The van der Waals surface area contributed by atoms with Crippen LogP contribution in [0.4, 0.5) is 5.69 Å². The number of fused-ring (bicyclic) bond motifs is 4. The Kier molecular flexibility index (Phi) is 4.34. The molecule has 8 heteroatoms. The molecule has 2 saturated heterocycles. The summed E-state index contributed by atoms with van der Waals surface area (Å²) in [6.45, 7) is 7.14. The molecule has 0 aromatic heterocycles. The van der Waals surface area contributed by atoms with Gasteiger partial charge < -0.3 is 10.4 Å². The van der Waals surface area contributed by atoms with Crippen LogP contribution in [0.15, 0.2) is 12.1 Å². The molecule has 4 rings (SSSR count). The lowest BCUT2D eigenvalue weighted by molar-refractivity contribution is -0.145. The molecule has 150 valence electrons. The molecule has 6 atom stereocenters. The van der Waals surface area contributed by atoms with Gasteiger partial charge in [0.1, 0.15) is 5.54 Å². The minimum atomic E-state index is -1.42. The number of carbonyl (C=O) groups is 3. The van der Waals surface area contributed by atoms with Crippen molar-refractivity contribution >= 4 is 35.0 Å². The monoisotopic (exact) mass is 405 g/mol. The third kappa shape index (κ3) is 2.27. The highest BCUT2D eigenvalue weighted by Gasteiger charge is 2.71. The Balaban J connectivity index is 1.94. The average molecular weight is 406 g/mol. The van der Waals surface area contributed by atoms with Crippen LogP contribution in [-0.4, -0.2) is 45.9 Å². The number of hydrogen-bond donors (Lipinski definition) is 3. The van der Waals surface area contributed by atoms with Crippen LogP contribution in [0, 0.1) is 18.8 Å². The predicted octanol–water partition coefficient (Wildman–Crippen LogP) is 1.55. The molecular formula is C20H24ClN3O4. The van der Waals surface area contributed by atoms with E-state index in [0.717, 1.165) is 5.56 Å². The minimum absolute atomic E-state index is 0.276. The number of hydrogen-bond acceptors (Lipinski definition) is 5. The van der Waals surface area contributed by atoms with Gasteiger partial charge in [0.25, 0.3) is 0 Å². The van der Waals surface area contributed by atoms with Gasteiger partial charge in [0, 0.05) is 17.6 Å². The first-order chi connectivity index (χ1) is 13.1. The van der Waals surface area contributed by atoms with E-state index in [0.29, 0.717) is 22.7 Å². The zero-order valence-electron chi connectivity index (χ0n) is 16.2. The van der Waals surface area contributed by atoms with E-state index in [1.54, 1.807) is 13.0 Å². The van der Waals surface area contributed by atoms with Gasteiger partial charge in [-0.25, -0.2) is 0 Å². The summed E-state index contributed by atoms with van der Waals surface area (Å²) in [6, 6.07) is 2.57. The lowest BCUT2D eigenvalue weighted by Gasteiger charge is -2.31. The summed E-state index contributed by atoms with van der Waals surface area (Å²) in [5.41, 5.74) is 0.436. The molecule has 7 nitrogen and oxygen atoms in total. The number of aliphatic hydroxyl groups excluding tert-OH is 1. The molecule has 3 N–H and O–H groups in total. The van der Waals surface area contributed by atoms with Crippen molar-refractivity contribution in [3.05, 3.63) is 28.3 Å². The molecule has 2 fully saturated rings. The van der Waals surface area contributed by atoms with Gasteiger partial charge in [0.05, 0.1) is 28.6 Å². The number of aliphatic hydroxyl groups is 1. The van der Waals surface area contributed by atoms with Crippen molar-refractivity contribution in [2.75, 3.05) is 5.32 Å². The van der Waals surface area contributed by atoms with Gasteiger partial charge in [-0.1, -0.05) is 24.6 Å². The van der Waals surface area contributed by atoms with E-state index < -0.39 is 35.4 Å². The normalized spacial score (nSPS) is 33.3. The highest BCUT2D eigenvalue weighted by Crippen LogP contribution is 2.55. The summed E-state index contributed by atoms with van der Waals surface area (Å²) in [4.78, 5) is 41.1. The van der Waals surface area contributed by atoms with E-state index in [4.69, 9.17) is 11.6 Å². The molecule has 0 saturated carbocycles. The summed E-state index contributed by atoms with van der Waals surface area (Å²) in [7, 11) is 0. The van der Waals surface area contributed by atoms with Gasteiger partial charge in [0.2, 0.25) is 17.7 Å². The van der Waals surface area contributed by atoms with Crippen molar-refractivity contribution < 1.29 is 19.5 Å². The van der Waals surface area contributed by atoms with Gasteiger partial charge in [-0.05, 0) is 38.8 Å². The fourth-order valence-corrected chi connectivity index (χ4v) is 5.30. The van der Waals surface area contributed by atoms with Crippen molar-refractivity contribution in [1.29, 1.82) is 0 Å². The maximum atomic E-state index is 13.4. The zero-order valence-corrected chi connectivity index (χ0v) is 17.0. The molecule has 0 unspecified atom stereocenters. The fraction of sp³-hybridized carbons (Fsp3) is 0.550. The van der Waals surface area contributed by atoms with Gasteiger partial charge in [-0.15, -0.1) is 0 Å². The molecule has 1 spiro atoms. The molecule has 1 aromatic rings. The maximum Gasteiger partial charge on any atom is 0.250 e. The first kappa shape index (κ1) is 19.4. The van der Waals surface area contributed by atoms with Gasteiger partial charge in [0.15, 0.2) is 0 Å². The number of nitrogens with zero attached hydrogens (tertiary/aromatic N) is 1. The van der Waals surface area contributed by atoms with E-state index in [-0.39, 0.29) is 17.9 Å². The smallest absolute Gasteiger partial charge is 0.250 e. The number of imide groups is 1. The zero-order chi connectivity index (χ0) is 20.5. The van der Waals surface area contributed by atoms with E-state index in [9.17, 15) is 19.5 Å². The second-order valence-electron chi connectivity index (χ2n) is 8.15. The second-order valence-corrected chi connectivity index (χ2v) is 8.56. The van der Waals surface area contributed by atoms with Crippen LogP contribution in [-0.2, 0) is 19.9 Å². The lowest BCUT2D eigenvalue weighted by atomic mass is 9.76. The second kappa shape index (κ2) is 6.27. The SMILES string of the molecule is CC[C@@H](C)N1C(=O)[C@@H]2[C@H]([C@@H](C)O)N[C@]3(C(=O)Nc4c(Cl)cc(C)cc43)[C@@H]2C1=O. The van der Waals surface area contributed by atoms with Crippen molar-refractivity contribution in [2.24, 2.45) is 11.8 Å². The predicted molar refractivity (Wildman–Crippen MR) is 104 cm³/mol. The molecule has 1 aromatic carbocycles. The summed E-state index contributed by atoms with van der Waals surface area (Å²) < 4.78 is 0. The van der Waals surface area contributed by atoms with Crippen molar-refractivity contribution in [3.8, 4) is 0 Å². The van der Waals surface area contributed by atoms with Crippen LogP contribution in [0.5, 0.6) is 0 Å². The molecule has 3 amide bonds. The lowest BCUT2D eigenvalue weighted by Crippen LogP contribution is -2.55. The number of aryl methyl sites for hydroxylation is 1. The number of rotatable bonds is 3. The summed E-state index contributed by atoms with van der Waals surface area (Å²) >= 11 is 6.36. The molecule has 0 bridgehead atoms. The number of anilines is 1. The number of benzene rings is 1. The Bertz CT molecular complexity index is 902. The minimum Gasteiger partial charge on any atom is -0.392 e. The highest BCUT2D eigenvalue weighted by molar-refractivity contribution is 6.35. The first-order valence-electron chi connectivity index (χ1n) is 9.59. The number of carbonyl (C=O) groups excluding carboxylic acids is 3. The highest BCUT2D eigenvalue weighted by atomic mass is 35.5. The standard InChI is InChI=1S/C20H24ClN3O4/c1-5-9(3)24-17(26)13-14(18(24)27)20(23-15(13)10(4)25)11-6-8(2)7-12(21)16(11)22-19(20)28/h6-7,9-10,13-15,23,25H,5H2,1-4H3,(H,22,28)/t9-,10-,13+,14+,15+,20+/m1/s1. The topological polar surface area (TPSA) is 98.7 Å². The molecule has 0 aliphatic carbocycles. The number of likely N-dealkylation sites (tertiary alicyclic amines) is 1. The molecule has 28 heavy (non-hydrogen) atoms. The Morgan fingerprint density at radius 3 is 2.54 bits per heavy atom. The van der Waals surface area contributed by atoms with Crippen LogP contribution in [0.1, 0.15) is 38.3 Å². The van der Waals surface area contributed by atoms with Gasteiger partial charge in [-0.3, -0.25) is 24.6 Å². The summed E-state index contributed by atoms with van der Waals surface area (Å²) in [5, 5.41) is 16.7. The molecule has 3 aliphatic rings. The quantitative estimate of drug-likeness (QED) is 0.663. The third-order valence-electron chi connectivity index (χ3n) is 6.44. The Hall–Kier alpha value is -1.96. The number of nitrogens with one attached hydrogen (secondary N) is 2. The van der Waals surface area contributed by atoms with Crippen LogP contribution in [0.3, 0.4) is 0 Å². The average Bonchev–Trinajstić information content (AvgIpc) is 3.21. The van der Waals surface area contributed by atoms with Gasteiger partial charge >= 0.3 is 0 Å².